The van der Waals surface area contributed by atoms with E-state index in [0.717, 1.165) is 0 Å². The van der Waals surface area contributed by atoms with Crippen molar-refractivity contribution in [1.82, 2.24) is 0 Å². The molecule has 0 saturated carbocycles. The van der Waals surface area contributed by atoms with Crippen molar-refractivity contribution < 1.29 is 550 Å². The van der Waals surface area contributed by atoms with E-state index in [-0.39, 0.29) is 473 Å². The molecule has 0 aromatic heterocycles. The van der Waals surface area contributed by atoms with Crippen LogP contribution in [-0.2, 0) is 0 Å². The zero-order chi connectivity index (χ0) is 18.0. The fourth-order valence-electron chi connectivity index (χ4n) is 0. The van der Waals surface area contributed by atoms with Crippen molar-refractivity contribution in [1.29, 1.82) is 0 Å². The Hall–Kier alpha value is 16.2. The van der Waals surface area contributed by atoms with E-state index in [4.69, 9.17) is 76.7 Å². The summed E-state index contributed by atoms with van der Waals surface area (Å²) < 4.78 is 0. The minimum atomic E-state index is -5.61. The predicted octanol–water partition coefficient (Wildman–Crippen LogP) is -68.5. The molecule has 0 saturated heterocycles. The van der Waals surface area contributed by atoms with Crippen LogP contribution in [-0.4, -0.2) is 36.2 Å². The molecule has 0 spiro atoms. The summed E-state index contributed by atoms with van der Waals surface area (Å²) in [5, 5.41) is 0. The molecule has 0 aliphatic rings. The first-order valence-corrected chi connectivity index (χ1v) is 9.80. The SMILES string of the molecule is [Na+].[Na+].[Na+].[Na+].[Na+].[Na+].[Na+].[Na+].[Na+].[Na+].[Na+].[Na+].[Na+].[Na+].[Na+].[Na+].[O-][Si]([O-])([O-])[O-].[O-][Si]([O-])([O-])[O-].[O-][Si]([O-])([O-])[O-].[O-][Si]([O-])([O-])[O-]. The third-order valence-corrected chi connectivity index (χ3v) is 0. The Morgan fingerprint density at radius 3 is 0.139 bits per heavy atom. The summed E-state index contributed by atoms with van der Waals surface area (Å²) in [6, 6.07) is 0. The molecule has 0 aliphatic heterocycles. The van der Waals surface area contributed by atoms with Crippen LogP contribution in [0.5, 0.6) is 0 Å². The molecule has 0 heterocycles. The minimum absolute atomic E-state index is 0. The number of hydrogen-bond donors (Lipinski definition) is 0. The van der Waals surface area contributed by atoms with E-state index in [2.05, 4.69) is 0 Å². The smallest absolute Gasteiger partial charge is 0.894 e. The fourth-order valence-corrected chi connectivity index (χ4v) is 0. The van der Waals surface area contributed by atoms with Crippen LogP contribution in [0.25, 0.3) is 0 Å². The summed E-state index contributed by atoms with van der Waals surface area (Å²) in [5.41, 5.74) is 0. The normalized spacial score (nSPS) is 6.67. The zero-order valence-corrected chi connectivity index (χ0v) is 60.5. The Morgan fingerprint density at radius 2 is 0.139 bits per heavy atom. The van der Waals surface area contributed by atoms with Gasteiger partial charge >= 0.3 is 473 Å². The largest absolute Gasteiger partial charge is 1.00 e. The molecule has 0 unspecified atom stereocenters. The van der Waals surface area contributed by atoms with Gasteiger partial charge in [0.05, 0.1) is 0 Å². The zero-order valence-electron chi connectivity index (χ0n) is 24.5. The van der Waals surface area contributed by atoms with Gasteiger partial charge in [0.2, 0.25) is 0 Å². The Kier molecular flexibility index (Phi) is 293. The predicted molar refractivity (Wildman–Crippen MR) is 23.0 cm³/mol. The van der Waals surface area contributed by atoms with Gasteiger partial charge in [-0.2, -0.15) is 0 Å². The second kappa shape index (κ2) is 79.9. The van der Waals surface area contributed by atoms with Crippen molar-refractivity contribution in [2.24, 2.45) is 0 Å². The van der Waals surface area contributed by atoms with Gasteiger partial charge in [-0.1, -0.05) is 0 Å². The first-order chi connectivity index (χ1) is 8.00. The van der Waals surface area contributed by atoms with Gasteiger partial charge in [-0.05, 0) is 0 Å². The molecule has 16 nitrogen and oxygen atoms in total. The minimum Gasteiger partial charge on any atom is -0.894 e. The summed E-state index contributed by atoms with van der Waals surface area (Å²) >= 11 is 0. The summed E-state index contributed by atoms with van der Waals surface area (Å²) in [6.07, 6.45) is 0. The van der Waals surface area contributed by atoms with Crippen LogP contribution in [0.3, 0.4) is 0 Å². The van der Waals surface area contributed by atoms with Crippen LogP contribution in [0.2, 0.25) is 0 Å². The van der Waals surface area contributed by atoms with Crippen molar-refractivity contribution in [3.63, 3.8) is 0 Å². The molecular weight excluding hydrogens is 736 g/mol. The Balaban J connectivity index is -0.00000000459. The summed E-state index contributed by atoms with van der Waals surface area (Å²) in [6.45, 7) is 0. The maximum Gasteiger partial charge on any atom is 1.00 e. The van der Waals surface area contributed by atoms with Gasteiger partial charge in [0, 0.05) is 0 Å². The monoisotopic (exact) mass is 736 g/mol. The Morgan fingerprint density at radius 1 is 0.139 bits per heavy atom. The van der Waals surface area contributed by atoms with E-state index in [9.17, 15) is 0 Å². The summed E-state index contributed by atoms with van der Waals surface area (Å²) in [7, 11) is -22.4. The van der Waals surface area contributed by atoms with E-state index < -0.39 is 36.2 Å². The average Bonchev–Trinajstić information content (AvgIpc) is 1.62. The molecule has 0 aromatic carbocycles. The molecule has 0 atom stereocenters. The van der Waals surface area contributed by atoms with Crippen molar-refractivity contribution in [2.45, 2.75) is 0 Å². The van der Waals surface area contributed by atoms with Crippen LogP contribution in [0.1, 0.15) is 0 Å². The number of rotatable bonds is 0. The van der Waals surface area contributed by atoms with Gasteiger partial charge in [-0.15, -0.1) is 0 Å². The van der Waals surface area contributed by atoms with Crippen molar-refractivity contribution >= 4 is 36.2 Å². The van der Waals surface area contributed by atoms with Gasteiger partial charge < -0.3 is 113 Å². The van der Waals surface area contributed by atoms with Gasteiger partial charge in [-0.25, -0.2) is 0 Å². The molecule has 0 radical (unpaired) electrons. The topological polar surface area (TPSA) is 369 Å². The molecule has 0 N–H and O–H groups in total. The van der Waals surface area contributed by atoms with Crippen molar-refractivity contribution in [3.8, 4) is 0 Å². The van der Waals surface area contributed by atoms with Crippen LogP contribution in [0.4, 0.5) is 0 Å². The molecule has 0 fully saturated rings. The molecule has 0 amide bonds. The number of hydrogen-bond acceptors (Lipinski definition) is 16. The van der Waals surface area contributed by atoms with Gasteiger partial charge in [0.1, 0.15) is 0 Å². The van der Waals surface area contributed by atoms with Crippen LogP contribution in [0, 0.1) is 0 Å². The fraction of sp³-hybridized carbons (Fsp3) is 0. The molecular formula is Na16O16Si4. The molecule has 0 aliphatic carbocycles. The molecule has 36 heteroatoms. The third kappa shape index (κ3) is 462. The average molecular weight is 736 g/mol. The third-order valence-electron chi connectivity index (χ3n) is 0. The maximum absolute atomic E-state index is 8.58. The van der Waals surface area contributed by atoms with Gasteiger partial charge in [-0.3, -0.25) is 0 Å². The maximum atomic E-state index is 8.58. The van der Waals surface area contributed by atoms with Crippen LogP contribution < -0.4 is 550 Å². The van der Waals surface area contributed by atoms with E-state index >= 15 is 0 Å². The summed E-state index contributed by atoms with van der Waals surface area (Å²) in [5.74, 6) is 0. The molecule has 0 aromatic rings. The second-order valence-corrected chi connectivity index (χ2v) is 6.00. The second-order valence-electron chi connectivity index (χ2n) is 2.00. The van der Waals surface area contributed by atoms with E-state index in [1.807, 2.05) is 0 Å². The van der Waals surface area contributed by atoms with Gasteiger partial charge in [0.15, 0.2) is 0 Å². The molecule has 0 rings (SSSR count). The van der Waals surface area contributed by atoms with Crippen LogP contribution >= 0.6 is 0 Å². The summed E-state index contributed by atoms with van der Waals surface area (Å²) in [4.78, 5) is 137. The van der Waals surface area contributed by atoms with E-state index in [0.29, 0.717) is 0 Å². The quantitative estimate of drug-likeness (QED) is 0.208. The first kappa shape index (κ1) is 132. The Labute approximate surface area is 568 Å². The molecule has 36 heavy (non-hydrogen) atoms. The molecule has 0 bridgehead atoms. The first-order valence-electron chi connectivity index (χ1n) is 3.27. The van der Waals surface area contributed by atoms with Crippen LogP contribution in [0.15, 0.2) is 0 Å². The Bertz CT molecular complexity index is 160. The van der Waals surface area contributed by atoms with Crippen molar-refractivity contribution in [2.75, 3.05) is 0 Å². The van der Waals surface area contributed by atoms with E-state index in [1.54, 1.807) is 0 Å². The van der Waals surface area contributed by atoms with Gasteiger partial charge in [0.25, 0.3) is 0 Å². The van der Waals surface area contributed by atoms with E-state index in [1.165, 1.54) is 0 Å². The standard InChI is InChI=1S/16Na.4O4Si/c;;;;;;;;;;;;;;;;4*1-5(2,3)4/q16*+1;4*-4. The molecule has 128 valence electrons. The van der Waals surface area contributed by atoms with Crippen molar-refractivity contribution in [3.05, 3.63) is 0 Å².